The molecule has 0 aliphatic rings. The number of rotatable bonds is 4. The van der Waals surface area contributed by atoms with Crippen molar-refractivity contribution < 1.29 is 9.90 Å². The van der Waals surface area contributed by atoms with Gasteiger partial charge in [-0.1, -0.05) is 50.1 Å². The SMILES string of the molecule is CC(C)=O.CCCCC(O)c1ccccc1. The molecule has 1 rings (SSSR count). The van der Waals surface area contributed by atoms with E-state index in [9.17, 15) is 9.90 Å². The Kier molecular flexibility index (Phi) is 8.45. The quantitative estimate of drug-likeness (QED) is 0.846. The summed E-state index contributed by atoms with van der Waals surface area (Å²) >= 11 is 0. The molecule has 2 nitrogen and oxygen atoms in total. The largest absolute Gasteiger partial charge is 0.388 e. The lowest BCUT2D eigenvalue weighted by molar-refractivity contribution is -0.114. The fourth-order valence-corrected chi connectivity index (χ4v) is 1.24. The lowest BCUT2D eigenvalue weighted by atomic mass is 10.0. The van der Waals surface area contributed by atoms with Gasteiger partial charge in [-0.15, -0.1) is 0 Å². The van der Waals surface area contributed by atoms with E-state index in [1.54, 1.807) is 0 Å². The summed E-state index contributed by atoms with van der Waals surface area (Å²) in [6.07, 6.45) is 2.84. The highest BCUT2D eigenvalue weighted by molar-refractivity contribution is 5.72. The molecule has 0 aliphatic heterocycles. The van der Waals surface area contributed by atoms with Crippen LogP contribution in [0.15, 0.2) is 30.3 Å². The minimum Gasteiger partial charge on any atom is -0.388 e. The van der Waals surface area contributed by atoms with Gasteiger partial charge in [0.15, 0.2) is 0 Å². The van der Waals surface area contributed by atoms with Gasteiger partial charge in [-0.2, -0.15) is 0 Å². The molecule has 0 spiro atoms. The number of carbonyl (C=O) groups excluding carboxylic acids is 1. The van der Waals surface area contributed by atoms with Gasteiger partial charge in [-0.25, -0.2) is 0 Å². The monoisotopic (exact) mass is 222 g/mol. The third kappa shape index (κ3) is 8.18. The number of Topliss-reactive ketones (excluding diaryl/α,β-unsaturated/α-hetero) is 1. The molecule has 16 heavy (non-hydrogen) atoms. The van der Waals surface area contributed by atoms with Crippen LogP contribution in [0.2, 0.25) is 0 Å². The van der Waals surface area contributed by atoms with Gasteiger partial charge >= 0.3 is 0 Å². The van der Waals surface area contributed by atoms with Gasteiger partial charge in [0.25, 0.3) is 0 Å². The van der Waals surface area contributed by atoms with Crippen LogP contribution in [0.25, 0.3) is 0 Å². The van der Waals surface area contributed by atoms with Crippen molar-refractivity contribution in [2.24, 2.45) is 0 Å². The second kappa shape index (κ2) is 9.10. The summed E-state index contributed by atoms with van der Waals surface area (Å²) in [5.41, 5.74) is 1.03. The van der Waals surface area contributed by atoms with E-state index in [4.69, 9.17) is 0 Å². The lowest BCUT2D eigenvalue weighted by Crippen LogP contribution is -1.95. The van der Waals surface area contributed by atoms with E-state index in [2.05, 4.69) is 6.92 Å². The predicted molar refractivity (Wildman–Crippen MR) is 67.3 cm³/mol. The van der Waals surface area contributed by atoms with Crippen molar-refractivity contribution in [1.29, 1.82) is 0 Å². The Morgan fingerprint density at radius 1 is 1.25 bits per heavy atom. The van der Waals surface area contributed by atoms with Gasteiger partial charge in [0, 0.05) is 0 Å². The summed E-state index contributed by atoms with van der Waals surface area (Å²) in [5.74, 6) is 0.167. The van der Waals surface area contributed by atoms with Gasteiger partial charge in [-0.3, -0.25) is 0 Å². The van der Waals surface area contributed by atoms with Crippen molar-refractivity contribution in [3.63, 3.8) is 0 Å². The van der Waals surface area contributed by atoms with Crippen LogP contribution in [-0.2, 0) is 4.79 Å². The third-order valence-electron chi connectivity index (χ3n) is 2.02. The second-order valence-electron chi connectivity index (χ2n) is 3.98. The molecule has 0 heterocycles. The summed E-state index contributed by atoms with van der Waals surface area (Å²) in [5, 5.41) is 9.65. The number of hydrogen-bond donors (Lipinski definition) is 1. The van der Waals surface area contributed by atoms with Crippen molar-refractivity contribution in [2.45, 2.75) is 46.1 Å². The van der Waals surface area contributed by atoms with E-state index in [1.807, 2.05) is 30.3 Å². The first kappa shape index (κ1) is 14.8. The standard InChI is InChI=1S/C11H16O.C3H6O/c1-2-3-9-11(12)10-7-5-4-6-8-10;1-3(2)4/h4-8,11-12H,2-3,9H2,1H3;1-2H3. The van der Waals surface area contributed by atoms with Crippen LogP contribution in [-0.4, -0.2) is 10.9 Å². The summed E-state index contributed by atoms with van der Waals surface area (Å²) in [6, 6.07) is 9.84. The smallest absolute Gasteiger partial charge is 0.126 e. The molecule has 0 amide bonds. The van der Waals surface area contributed by atoms with E-state index in [-0.39, 0.29) is 11.9 Å². The van der Waals surface area contributed by atoms with Crippen molar-refractivity contribution in [3.8, 4) is 0 Å². The maximum Gasteiger partial charge on any atom is 0.126 e. The molecule has 90 valence electrons. The van der Waals surface area contributed by atoms with Crippen LogP contribution in [0.5, 0.6) is 0 Å². The van der Waals surface area contributed by atoms with Gasteiger partial charge in [0.1, 0.15) is 5.78 Å². The van der Waals surface area contributed by atoms with Crippen molar-refractivity contribution in [2.75, 3.05) is 0 Å². The van der Waals surface area contributed by atoms with E-state index in [1.165, 1.54) is 13.8 Å². The molecule has 1 atom stereocenters. The topological polar surface area (TPSA) is 37.3 Å². The number of hydrogen-bond acceptors (Lipinski definition) is 2. The average Bonchev–Trinajstić information content (AvgIpc) is 2.26. The zero-order valence-corrected chi connectivity index (χ0v) is 10.4. The number of unbranched alkanes of at least 4 members (excludes halogenated alkanes) is 1. The highest BCUT2D eigenvalue weighted by Gasteiger charge is 2.04. The van der Waals surface area contributed by atoms with E-state index in [0.29, 0.717) is 0 Å². The van der Waals surface area contributed by atoms with Crippen LogP contribution in [0.3, 0.4) is 0 Å². The average molecular weight is 222 g/mol. The molecule has 1 unspecified atom stereocenters. The Morgan fingerprint density at radius 3 is 2.19 bits per heavy atom. The third-order valence-corrected chi connectivity index (χ3v) is 2.02. The molecule has 0 aromatic heterocycles. The fourth-order valence-electron chi connectivity index (χ4n) is 1.24. The molecule has 0 radical (unpaired) electrons. The van der Waals surface area contributed by atoms with E-state index < -0.39 is 0 Å². The first-order valence-electron chi connectivity index (χ1n) is 5.78. The predicted octanol–water partition coefficient (Wildman–Crippen LogP) is 3.51. The van der Waals surface area contributed by atoms with Gasteiger partial charge in [0.05, 0.1) is 6.10 Å². The molecule has 1 aromatic rings. The second-order valence-corrected chi connectivity index (χ2v) is 3.98. The Labute approximate surface area is 98.3 Å². The molecular formula is C14H22O2. The number of aliphatic hydroxyl groups is 1. The molecule has 1 N–H and O–H groups in total. The van der Waals surface area contributed by atoms with Crippen molar-refractivity contribution in [3.05, 3.63) is 35.9 Å². The molecule has 0 saturated heterocycles. The van der Waals surface area contributed by atoms with Gasteiger partial charge in [-0.05, 0) is 25.8 Å². The number of benzene rings is 1. The number of carbonyl (C=O) groups is 1. The van der Waals surface area contributed by atoms with Crippen LogP contribution >= 0.6 is 0 Å². The maximum absolute atomic E-state index is 9.65. The Bertz CT molecular complexity index is 276. The Morgan fingerprint density at radius 2 is 1.75 bits per heavy atom. The van der Waals surface area contributed by atoms with Crippen molar-refractivity contribution >= 4 is 5.78 Å². The Balaban J connectivity index is 0.000000487. The van der Waals surface area contributed by atoms with E-state index in [0.717, 1.165) is 24.8 Å². The highest BCUT2D eigenvalue weighted by atomic mass is 16.3. The first-order chi connectivity index (χ1) is 7.57. The first-order valence-corrected chi connectivity index (χ1v) is 5.78. The maximum atomic E-state index is 9.65. The number of ketones is 1. The molecule has 0 aliphatic carbocycles. The normalized spacial score (nSPS) is 11.2. The minimum absolute atomic E-state index is 0.167. The molecule has 0 fully saturated rings. The van der Waals surface area contributed by atoms with Gasteiger partial charge in [0.2, 0.25) is 0 Å². The molecule has 1 aromatic carbocycles. The van der Waals surface area contributed by atoms with Gasteiger partial charge < -0.3 is 9.90 Å². The van der Waals surface area contributed by atoms with Crippen LogP contribution in [0, 0.1) is 0 Å². The molecule has 0 bridgehead atoms. The fraction of sp³-hybridized carbons (Fsp3) is 0.500. The molecule has 0 saturated carbocycles. The summed E-state index contributed by atoms with van der Waals surface area (Å²) < 4.78 is 0. The van der Waals surface area contributed by atoms with Crippen LogP contribution in [0.1, 0.15) is 51.7 Å². The number of aliphatic hydroxyl groups excluding tert-OH is 1. The summed E-state index contributed by atoms with van der Waals surface area (Å²) in [7, 11) is 0. The van der Waals surface area contributed by atoms with Crippen LogP contribution < -0.4 is 0 Å². The summed E-state index contributed by atoms with van der Waals surface area (Å²) in [4.78, 5) is 9.44. The zero-order chi connectivity index (χ0) is 12.4. The summed E-state index contributed by atoms with van der Waals surface area (Å²) in [6.45, 7) is 5.19. The lowest BCUT2D eigenvalue weighted by Gasteiger charge is -2.09. The van der Waals surface area contributed by atoms with Crippen LogP contribution in [0.4, 0.5) is 0 Å². The Hall–Kier alpha value is -1.15. The van der Waals surface area contributed by atoms with E-state index >= 15 is 0 Å². The molecular weight excluding hydrogens is 200 g/mol. The zero-order valence-electron chi connectivity index (χ0n) is 10.4. The highest BCUT2D eigenvalue weighted by Crippen LogP contribution is 2.17. The molecule has 2 heteroatoms. The minimum atomic E-state index is -0.272. The van der Waals surface area contributed by atoms with Crippen molar-refractivity contribution in [1.82, 2.24) is 0 Å².